The highest BCUT2D eigenvalue weighted by Crippen LogP contribution is 2.40. The number of hydrogen-bond donors (Lipinski definition) is 1. The van der Waals surface area contributed by atoms with Gasteiger partial charge in [0.2, 0.25) is 0 Å². The number of rotatable bonds is 4. The molecule has 1 aliphatic carbocycles. The van der Waals surface area contributed by atoms with E-state index in [4.69, 9.17) is 9.15 Å². The van der Waals surface area contributed by atoms with E-state index in [1.807, 2.05) is 13.8 Å². The standard InChI is InChI=1S/C16H21N3O4S/c1-10-8-19(9-11(2)22-10)24(20,21)18-13-5-6-14-15(7-13)23-16(17-14)12-3-4-12/h5-7,10-12,18H,3-4,8-9H2,1-2H3. The van der Waals surface area contributed by atoms with Gasteiger partial charge in [0.15, 0.2) is 11.5 Å². The van der Waals surface area contributed by atoms with Gasteiger partial charge in [0.25, 0.3) is 0 Å². The third-order valence-electron chi connectivity index (χ3n) is 4.30. The van der Waals surface area contributed by atoms with Crippen LogP contribution in [0.1, 0.15) is 38.5 Å². The molecule has 0 amide bonds. The zero-order chi connectivity index (χ0) is 16.9. The lowest BCUT2D eigenvalue weighted by Gasteiger charge is -2.34. The minimum Gasteiger partial charge on any atom is -0.440 e. The molecule has 1 aliphatic heterocycles. The molecule has 1 aromatic carbocycles. The van der Waals surface area contributed by atoms with Gasteiger partial charge >= 0.3 is 10.2 Å². The second-order valence-electron chi connectivity index (χ2n) is 6.69. The molecule has 0 radical (unpaired) electrons. The fourth-order valence-corrected chi connectivity index (χ4v) is 4.42. The van der Waals surface area contributed by atoms with Gasteiger partial charge in [-0.1, -0.05) is 0 Å². The van der Waals surface area contributed by atoms with Crippen LogP contribution in [0.2, 0.25) is 0 Å². The Balaban J connectivity index is 1.56. The number of oxazole rings is 1. The molecule has 1 aromatic heterocycles. The van der Waals surface area contributed by atoms with Crippen molar-refractivity contribution in [3.63, 3.8) is 0 Å². The third kappa shape index (κ3) is 3.13. The predicted molar refractivity (Wildman–Crippen MR) is 90.1 cm³/mol. The highest BCUT2D eigenvalue weighted by Gasteiger charge is 2.31. The zero-order valence-corrected chi connectivity index (χ0v) is 14.5. The van der Waals surface area contributed by atoms with E-state index in [0.717, 1.165) is 24.2 Å². The fraction of sp³-hybridized carbons (Fsp3) is 0.562. The molecule has 2 unspecified atom stereocenters. The number of aromatic nitrogens is 1. The van der Waals surface area contributed by atoms with Crippen LogP contribution in [0, 0.1) is 0 Å². The molecule has 1 saturated heterocycles. The summed E-state index contributed by atoms with van der Waals surface area (Å²) in [6.45, 7) is 4.43. The Hall–Kier alpha value is -1.64. The van der Waals surface area contributed by atoms with E-state index in [-0.39, 0.29) is 12.2 Å². The minimum atomic E-state index is -3.63. The number of morpholine rings is 1. The van der Waals surface area contributed by atoms with E-state index >= 15 is 0 Å². The molecule has 1 saturated carbocycles. The zero-order valence-electron chi connectivity index (χ0n) is 13.7. The molecule has 24 heavy (non-hydrogen) atoms. The van der Waals surface area contributed by atoms with Gasteiger partial charge in [0, 0.05) is 25.1 Å². The van der Waals surface area contributed by atoms with Gasteiger partial charge in [0.05, 0.1) is 17.9 Å². The fourth-order valence-electron chi connectivity index (χ4n) is 3.05. The van der Waals surface area contributed by atoms with Crippen LogP contribution in [-0.2, 0) is 14.9 Å². The lowest BCUT2D eigenvalue weighted by Crippen LogP contribution is -2.49. The first-order valence-electron chi connectivity index (χ1n) is 8.24. The number of nitrogens with one attached hydrogen (secondary N) is 1. The average Bonchev–Trinajstić information content (AvgIpc) is 3.26. The Bertz CT molecular complexity index is 849. The number of fused-ring (bicyclic) bond motifs is 1. The van der Waals surface area contributed by atoms with Gasteiger partial charge in [-0.25, -0.2) is 4.98 Å². The van der Waals surface area contributed by atoms with Crippen LogP contribution in [-0.4, -0.2) is 43.0 Å². The van der Waals surface area contributed by atoms with Gasteiger partial charge in [-0.2, -0.15) is 12.7 Å². The molecule has 2 atom stereocenters. The van der Waals surface area contributed by atoms with Gasteiger partial charge < -0.3 is 9.15 Å². The summed E-state index contributed by atoms with van der Waals surface area (Å²) in [7, 11) is -3.63. The van der Waals surface area contributed by atoms with E-state index in [1.165, 1.54) is 4.31 Å². The maximum Gasteiger partial charge on any atom is 0.301 e. The summed E-state index contributed by atoms with van der Waals surface area (Å²) in [5.41, 5.74) is 1.85. The third-order valence-corrected chi connectivity index (χ3v) is 5.78. The molecule has 2 heterocycles. The number of ether oxygens (including phenoxy) is 1. The summed E-state index contributed by atoms with van der Waals surface area (Å²) >= 11 is 0. The normalized spacial score (nSPS) is 25.9. The maximum atomic E-state index is 12.6. The Morgan fingerprint density at radius 2 is 1.92 bits per heavy atom. The lowest BCUT2D eigenvalue weighted by atomic mass is 10.3. The van der Waals surface area contributed by atoms with Gasteiger partial charge in [0.1, 0.15) is 5.52 Å². The quantitative estimate of drug-likeness (QED) is 0.915. The van der Waals surface area contributed by atoms with Gasteiger partial charge in [-0.15, -0.1) is 0 Å². The number of anilines is 1. The predicted octanol–water partition coefficient (Wildman–Crippen LogP) is 2.47. The monoisotopic (exact) mass is 351 g/mol. The second-order valence-corrected chi connectivity index (χ2v) is 8.36. The molecule has 4 rings (SSSR count). The largest absolute Gasteiger partial charge is 0.440 e. The molecule has 0 bridgehead atoms. The average molecular weight is 351 g/mol. The number of nitrogens with zero attached hydrogens (tertiary/aromatic N) is 2. The lowest BCUT2D eigenvalue weighted by molar-refractivity contribution is -0.0439. The first kappa shape index (κ1) is 15.9. The molecule has 1 N–H and O–H groups in total. The summed E-state index contributed by atoms with van der Waals surface area (Å²) < 4.78 is 40.6. The van der Waals surface area contributed by atoms with Gasteiger partial charge in [-0.05, 0) is 38.8 Å². The van der Waals surface area contributed by atoms with E-state index < -0.39 is 10.2 Å². The summed E-state index contributed by atoms with van der Waals surface area (Å²) in [4.78, 5) is 4.45. The minimum absolute atomic E-state index is 0.122. The summed E-state index contributed by atoms with van der Waals surface area (Å²) in [6, 6.07) is 5.19. The molecule has 0 spiro atoms. The van der Waals surface area contributed by atoms with E-state index in [0.29, 0.717) is 30.3 Å². The van der Waals surface area contributed by atoms with Crippen LogP contribution in [0.4, 0.5) is 5.69 Å². The number of benzene rings is 1. The van der Waals surface area contributed by atoms with Crippen LogP contribution >= 0.6 is 0 Å². The Morgan fingerprint density at radius 3 is 2.58 bits per heavy atom. The molecule has 7 nitrogen and oxygen atoms in total. The van der Waals surface area contributed by atoms with Crippen LogP contribution in [0.3, 0.4) is 0 Å². The smallest absolute Gasteiger partial charge is 0.301 e. The van der Waals surface area contributed by atoms with E-state index in [9.17, 15) is 8.42 Å². The maximum absolute atomic E-state index is 12.6. The Labute approximate surface area is 141 Å². The molecule has 2 aliphatic rings. The van der Waals surface area contributed by atoms with Crippen LogP contribution in [0.25, 0.3) is 11.1 Å². The molecule has 8 heteroatoms. The van der Waals surface area contributed by atoms with E-state index in [1.54, 1.807) is 18.2 Å². The van der Waals surface area contributed by atoms with Crippen LogP contribution < -0.4 is 4.72 Å². The van der Waals surface area contributed by atoms with E-state index in [2.05, 4.69) is 9.71 Å². The van der Waals surface area contributed by atoms with Crippen molar-refractivity contribution < 1.29 is 17.6 Å². The molecule has 2 aromatic rings. The molecule has 130 valence electrons. The van der Waals surface area contributed by atoms with Crippen molar-refractivity contribution in [3.05, 3.63) is 24.1 Å². The van der Waals surface area contributed by atoms with Gasteiger partial charge in [-0.3, -0.25) is 4.72 Å². The SMILES string of the molecule is CC1CN(S(=O)(=O)Nc2ccc3nc(C4CC4)oc3c2)CC(C)O1. The topological polar surface area (TPSA) is 84.7 Å². The van der Waals surface area contributed by atoms with Crippen LogP contribution in [0.5, 0.6) is 0 Å². The van der Waals surface area contributed by atoms with Crippen molar-refractivity contribution in [2.45, 2.75) is 44.8 Å². The van der Waals surface area contributed by atoms with Crippen molar-refractivity contribution in [3.8, 4) is 0 Å². The highest BCUT2D eigenvalue weighted by atomic mass is 32.2. The van der Waals surface area contributed by atoms with Crippen molar-refractivity contribution in [1.82, 2.24) is 9.29 Å². The molecular weight excluding hydrogens is 330 g/mol. The van der Waals surface area contributed by atoms with Crippen molar-refractivity contribution in [2.75, 3.05) is 17.8 Å². The molecule has 2 fully saturated rings. The summed E-state index contributed by atoms with van der Waals surface area (Å²) in [5.74, 6) is 1.18. The second kappa shape index (κ2) is 5.72. The van der Waals surface area contributed by atoms with Crippen molar-refractivity contribution >= 4 is 27.0 Å². The number of hydrogen-bond acceptors (Lipinski definition) is 5. The Kier molecular flexibility index (Phi) is 3.78. The summed E-state index contributed by atoms with van der Waals surface area (Å²) in [6.07, 6.45) is 1.98. The van der Waals surface area contributed by atoms with Crippen molar-refractivity contribution in [2.24, 2.45) is 0 Å². The summed E-state index contributed by atoms with van der Waals surface area (Å²) in [5, 5.41) is 0. The first-order valence-corrected chi connectivity index (χ1v) is 9.68. The molecular formula is C16H21N3O4S. The highest BCUT2D eigenvalue weighted by molar-refractivity contribution is 7.90. The Morgan fingerprint density at radius 1 is 1.21 bits per heavy atom. The van der Waals surface area contributed by atoms with Crippen molar-refractivity contribution in [1.29, 1.82) is 0 Å². The van der Waals surface area contributed by atoms with Crippen LogP contribution in [0.15, 0.2) is 22.6 Å². The first-order chi connectivity index (χ1) is 11.4.